The average molecular weight is 223 g/mol. The third-order valence-corrected chi connectivity index (χ3v) is 1.86. The summed E-state index contributed by atoms with van der Waals surface area (Å²) in [6.07, 6.45) is 1.58. The zero-order valence-electron chi connectivity index (χ0n) is 8.26. The summed E-state index contributed by atoms with van der Waals surface area (Å²) in [6, 6.07) is 10.7. The molecular weight excluding hydrogens is 212 g/mol. The minimum atomic E-state index is 0.368. The Bertz CT molecular complexity index is 385. The molecule has 0 spiro atoms. The third-order valence-electron chi connectivity index (χ3n) is 1.66. The molecule has 0 aliphatic carbocycles. The van der Waals surface area contributed by atoms with Gasteiger partial charge in [0.25, 0.3) is 0 Å². The number of rotatable bonds is 0. The molecule has 4 heteroatoms. The van der Waals surface area contributed by atoms with E-state index in [0.29, 0.717) is 10.9 Å². The predicted octanol–water partition coefficient (Wildman–Crippen LogP) is 2.83. The van der Waals surface area contributed by atoms with Crippen LogP contribution in [0.2, 0.25) is 5.15 Å². The van der Waals surface area contributed by atoms with Crippen LogP contribution in [0.3, 0.4) is 0 Å². The standard InChI is InChI=1S/C7H8O.C4H3ClN2/c1-6-4-2-3-5-7(6)8;5-4-2-1-3-6-7-4/h2-5,8H,1H3;1-3H. The Morgan fingerprint density at radius 2 is 1.87 bits per heavy atom. The molecule has 0 bridgehead atoms. The highest BCUT2D eigenvalue weighted by Crippen LogP contribution is 2.12. The highest BCUT2D eigenvalue weighted by Gasteiger charge is 1.87. The topological polar surface area (TPSA) is 46.0 Å². The minimum absolute atomic E-state index is 0.368. The molecule has 2 aromatic rings. The lowest BCUT2D eigenvalue weighted by Gasteiger charge is -1.92. The van der Waals surface area contributed by atoms with Crippen LogP contribution in [0.25, 0.3) is 0 Å². The van der Waals surface area contributed by atoms with Crippen molar-refractivity contribution < 1.29 is 5.11 Å². The quantitative estimate of drug-likeness (QED) is 0.746. The molecule has 15 heavy (non-hydrogen) atoms. The van der Waals surface area contributed by atoms with Crippen molar-refractivity contribution in [2.45, 2.75) is 6.92 Å². The van der Waals surface area contributed by atoms with E-state index >= 15 is 0 Å². The van der Waals surface area contributed by atoms with Crippen LogP contribution in [0.15, 0.2) is 42.6 Å². The van der Waals surface area contributed by atoms with Crippen LogP contribution < -0.4 is 0 Å². The lowest BCUT2D eigenvalue weighted by atomic mass is 10.2. The first kappa shape index (κ1) is 11.5. The molecule has 0 radical (unpaired) electrons. The minimum Gasteiger partial charge on any atom is -0.508 e. The Labute approximate surface area is 93.4 Å². The predicted molar refractivity (Wildman–Crippen MR) is 59.9 cm³/mol. The van der Waals surface area contributed by atoms with Gasteiger partial charge in [0.05, 0.1) is 0 Å². The van der Waals surface area contributed by atoms with Crippen molar-refractivity contribution in [2.24, 2.45) is 0 Å². The summed E-state index contributed by atoms with van der Waals surface area (Å²) < 4.78 is 0. The van der Waals surface area contributed by atoms with Crippen molar-refractivity contribution in [3.8, 4) is 5.75 Å². The first-order chi connectivity index (χ1) is 7.20. The Kier molecular flexibility index (Phi) is 4.57. The molecule has 0 atom stereocenters. The van der Waals surface area contributed by atoms with E-state index < -0.39 is 0 Å². The zero-order chi connectivity index (χ0) is 11.1. The number of benzene rings is 1. The molecule has 0 amide bonds. The number of halogens is 1. The van der Waals surface area contributed by atoms with Crippen molar-refractivity contribution in [2.75, 3.05) is 0 Å². The number of para-hydroxylation sites is 1. The van der Waals surface area contributed by atoms with Gasteiger partial charge in [0.15, 0.2) is 5.15 Å². The Morgan fingerprint density at radius 1 is 1.13 bits per heavy atom. The number of phenols is 1. The molecule has 3 nitrogen and oxygen atoms in total. The molecule has 0 saturated heterocycles. The molecule has 1 N–H and O–H groups in total. The Hall–Kier alpha value is -1.61. The summed E-state index contributed by atoms with van der Waals surface area (Å²) in [5, 5.41) is 16.3. The van der Waals surface area contributed by atoms with Crippen molar-refractivity contribution in [3.63, 3.8) is 0 Å². The first-order valence-corrected chi connectivity index (χ1v) is 4.76. The van der Waals surface area contributed by atoms with Gasteiger partial charge in [-0.05, 0) is 30.7 Å². The molecule has 0 unspecified atom stereocenters. The number of hydrogen-bond acceptors (Lipinski definition) is 3. The van der Waals surface area contributed by atoms with Gasteiger partial charge in [-0.25, -0.2) is 0 Å². The number of hydrogen-bond donors (Lipinski definition) is 1. The summed E-state index contributed by atoms with van der Waals surface area (Å²) in [7, 11) is 0. The van der Waals surface area contributed by atoms with Crippen LogP contribution in [0.4, 0.5) is 0 Å². The van der Waals surface area contributed by atoms with E-state index in [-0.39, 0.29) is 0 Å². The molecule has 0 fully saturated rings. The lowest BCUT2D eigenvalue weighted by molar-refractivity contribution is 0.471. The molecule has 0 aliphatic rings. The highest BCUT2D eigenvalue weighted by molar-refractivity contribution is 6.29. The number of nitrogens with zero attached hydrogens (tertiary/aromatic N) is 2. The SMILES string of the molecule is Cc1ccccc1O.Clc1cccnn1. The second-order valence-electron chi connectivity index (χ2n) is 2.83. The number of aryl methyl sites for hydroxylation is 1. The van der Waals surface area contributed by atoms with E-state index in [0.717, 1.165) is 5.56 Å². The van der Waals surface area contributed by atoms with Gasteiger partial charge in [-0.3, -0.25) is 0 Å². The van der Waals surface area contributed by atoms with Gasteiger partial charge in [0.1, 0.15) is 5.75 Å². The maximum absolute atomic E-state index is 8.92. The average Bonchev–Trinajstić information content (AvgIpc) is 2.25. The Morgan fingerprint density at radius 3 is 2.20 bits per heavy atom. The summed E-state index contributed by atoms with van der Waals surface area (Å²) in [5.74, 6) is 0.368. The van der Waals surface area contributed by atoms with Gasteiger partial charge in [0.2, 0.25) is 0 Å². The molecule has 1 heterocycles. The second kappa shape index (κ2) is 5.98. The van der Waals surface area contributed by atoms with Gasteiger partial charge < -0.3 is 5.11 Å². The first-order valence-electron chi connectivity index (χ1n) is 4.38. The third kappa shape index (κ3) is 4.42. The van der Waals surface area contributed by atoms with E-state index in [9.17, 15) is 0 Å². The van der Waals surface area contributed by atoms with Crippen LogP contribution in [0.5, 0.6) is 5.75 Å². The maximum Gasteiger partial charge on any atom is 0.151 e. The molecule has 1 aromatic heterocycles. The maximum atomic E-state index is 8.92. The van der Waals surface area contributed by atoms with Crippen LogP contribution in [0, 0.1) is 6.92 Å². The van der Waals surface area contributed by atoms with Gasteiger partial charge >= 0.3 is 0 Å². The number of phenolic OH excluding ortho intramolecular Hbond substituents is 1. The molecule has 0 aliphatic heterocycles. The van der Waals surface area contributed by atoms with Gasteiger partial charge in [0, 0.05) is 6.20 Å². The molecule has 2 rings (SSSR count). The zero-order valence-corrected chi connectivity index (χ0v) is 9.02. The van der Waals surface area contributed by atoms with E-state index in [4.69, 9.17) is 16.7 Å². The van der Waals surface area contributed by atoms with Crippen LogP contribution >= 0.6 is 11.6 Å². The summed E-state index contributed by atoms with van der Waals surface area (Å²) in [5.41, 5.74) is 0.924. The van der Waals surface area contributed by atoms with Gasteiger partial charge in [-0.1, -0.05) is 29.8 Å². The van der Waals surface area contributed by atoms with Crippen LogP contribution in [0.1, 0.15) is 5.56 Å². The second-order valence-corrected chi connectivity index (χ2v) is 3.22. The van der Waals surface area contributed by atoms with E-state index in [1.807, 2.05) is 25.1 Å². The number of aromatic nitrogens is 2. The molecule has 78 valence electrons. The van der Waals surface area contributed by atoms with E-state index in [1.165, 1.54) is 0 Å². The molecular formula is C11H11ClN2O. The molecule has 1 aromatic carbocycles. The normalized spacial score (nSPS) is 8.93. The smallest absolute Gasteiger partial charge is 0.151 e. The lowest BCUT2D eigenvalue weighted by Crippen LogP contribution is -1.74. The van der Waals surface area contributed by atoms with Gasteiger partial charge in [-0.15, -0.1) is 5.10 Å². The summed E-state index contributed by atoms with van der Waals surface area (Å²) in [4.78, 5) is 0. The number of aromatic hydroxyl groups is 1. The monoisotopic (exact) mass is 222 g/mol. The highest BCUT2D eigenvalue weighted by atomic mass is 35.5. The largest absolute Gasteiger partial charge is 0.508 e. The summed E-state index contributed by atoms with van der Waals surface area (Å²) in [6.45, 7) is 1.87. The van der Waals surface area contributed by atoms with Crippen molar-refractivity contribution in [1.82, 2.24) is 10.2 Å². The van der Waals surface area contributed by atoms with Crippen molar-refractivity contribution in [3.05, 3.63) is 53.3 Å². The van der Waals surface area contributed by atoms with Crippen molar-refractivity contribution >= 4 is 11.6 Å². The van der Waals surface area contributed by atoms with Gasteiger partial charge in [-0.2, -0.15) is 5.10 Å². The fourth-order valence-corrected chi connectivity index (χ4v) is 0.963. The summed E-state index contributed by atoms with van der Waals surface area (Å²) >= 11 is 5.37. The van der Waals surface area contributed by atoms with Crippen LogP contribution in [-0.2, 0) is 0 Å². The van der Waals surface area contributed by atoms with Crippen molar-refractivity contribution in [1.29, 1.82) is 0 Å². The Balaban J connectivity index is 0.000000151. The molecule has 0 saturated carbocycles. The fourth-order valence-electron chi connectivity index (χ4n) is 0.846. The van der Waals surface area contributed by atoms with E-state index in [2.05, 4.69) is 10.2 Å². The van der Waals surface area contributed by atoms with E-state index in [1.54, 1.807) is 24.4 Å². The van der Waals surface area contributed by atoms with Crippen LogP contribution in [-0.4, -0.2) is 15.3 Å². The fraction of sp³-hybridized carbons (Fsp3) is 0.0909.